The molecule has 0 aliphatic rings. The van der Waals surface area contributed by atoms with Gasteiger partial charge in [-0.15, -0.1) is 0 Å². The van der Waals surface area contributed by atoms with Gasteiger partial charge in [0.25, 0.3) is 5.91 Å². The van der Waals surface area contributed by atoms with Gasteiger partial charge in [0.2, 0.25) is 5.91 Å². The number of likely N-dealkylation sites (N-methyl/N-ethyl adjacent to an activating group) is 1. The van der Waals surface area contributed by atoms with Crippen molar-refractivity contribution in [1.82, 2.24) is 10.2 Å². The molecule has 2 aromatic carbocycles. The summed E-state index contributed by atoms with van der Waals surface area (Å²) in [5, 5.41) is 3.00. The lowest BCUT2D eigenvalue weighted by molar-refractivity contribution is -0.130. The van der Waals surface area contributed by atoms with Crippen molar-refractivity contribution in [2.75, 3.05) is 34.9 Å². The van der Waals surface area contributed by atoms with Crippen LogP contribution in [0, 0.1) is 0 Å². The van der Waals surface area contributed by atoms with Crippen molar-refractivity contribution >= 4 is 17.9 Å². The Labute approximate surface area is 183 Å². The molecule has 1 N–H and O–H groups in total. The molecule has 0 heterocycles. The van der Waals surface area contributed by atoms with E-state index in [1.807, 2.05) is 37.3 Å². The van der Waals surface area contributed by atoms with E-state index in [0.717, 1.165) is 11.1 Å². The maximum absolute atomic E-state index is 12.6. The van der Waals surface area contributed by atoms with Crippen molar-refractivity contribution in [1.29, 1.82) is 0 Å². The molecule has 0 bridgehead atoms. The Morgan fingerprint density at radius 3 is 2.29 bits per heavy atom. The van der Waals surface area contributed by atoms with E-state index in [1.54, 1.807) is 46.5 Å². The van der Waals surface area contributed by atoms with E-state index in [1.165, 1.54) is 11.0 Å². The third-order valence-corrected chi connectivity index (χ3v) is 4.67. The first kappa shape index (κ1) is 23.8. The van der Waals surface area contributed by atoms with Crippen LogP contribution in [0.2, 0.25) is 0 Å². The summed E-state index contributed by atoms with van der Waals surface area (Å²) in [5.74, 6) is 1.48. The highest BCUT2D eigenvalue weighted by atomic mass is 16.5. The molecule has 0 saturated heterocycles. The van der Waals surface area contributed by atoms with Gasteiger partial charge in [-0.05, 0) is 36.3 Å². The number of hydrogen-bond donors (Lipinski definition) is 1. The Morgan fingerprint density at radius 1 is 1.06 bits per heavy atom. The Kier molecular flexibility index (Phi) is 8.94. The van der Waals surface area contributed by atoms with Gasteiger partial charge in [0.1, 0.15) is 17.2 Å². The smallest absolute Gasteiger partial charge is 0.259 e. The Morgan fingerprint density at radius 2 is 1.71 bits per heavy atom. The van der Waals surface area contributed by atoms with Crippen LogP contribution in [-0.4, -0.2) is 51.6 Å². The summed E-state index contributed by atoms with van der Waals surface area (Å²) in [5.41, 5.74) is 1.60. The van der Waals surface area contributed by atoms with Crippen molar-refractivity contribution in [3.05, 3.63) is 59.7 Å². The average Bonchev–Trinajstić information content (AvgIpc) is 2.79. The van der Waals surface area contributed by atoms with Gasteiger partial charge in [0.15, 0.2) is 6.61 Å². The van der Waals surface area contributed by atoms with Gasteiger partial charge >= 0.3 is 0 Å². The zero-order valence-corrected chi connectivity index (χ0v) is 18.7. The van der Waals surface area contributed by atoms with Crippen molar-refractivity contribution in [3.8, 4) is 17.2 Å². The number of nitrogens with one attached hydrogen (secondary N) is 1. The molecule has 0 aromatic heterocycles. The number of methoxy groups -OCH3 is 2. The summed E-state index contributed by atoms with van der Waals surface area (Å²) < 4.78 is 16.2. The topological polar surface area (TPSA) is 77.1 Å². The monoisotopic (exact) mass is 426 g/mol. The molecule has 0 fully saturated rings. The van der Waals surface area contributed by atoms with Crippen LogP contribution < -0.4 is 19.5 Å². The number of para-hydroxylation sites is 1. The van der Waals surface area contributed by atoms with Gasteiger partial charge in [-0.3, -0.25) is 9.59 Å². The molecule has 31 heavy (non-hydrogen) atoms. The van der Waals surface area contributed by atoms with E-state index >= 15 is 0 Å². The van der Waals surface area contributed by atoms with E-state index in [-0.39, 0.29) is 24.5 Å². The number of hydrogen-bond acceptors (Lipinski definition) is 5. The Bertz CT molecular complexity index is 902. The predicted octanol–water partition coefficient (Wildman–Crippen LogP) is 3.45. The van der Waals surface area contributed by atoms with Gasteiger partial charge in [0.05, 0.1) is 20.3 Å². The van der Waals surface area contributed by atoms with Gasteiger partial charge in [-0.1, -0.05) is 25.1 Å². The molecule has 0 saturated carbocycles. The fraction of sp³-hybridized carbons (Fsp3) is 0.333. The summed E-state index contributed by atoms with van der Waals surface area (Å²) in [4.78, 5) is 25.9. The molecule has 7 heteroatoms. The SMILES string of the molecule is CCC(NC(=O)C=Cc1cc(OC)cc(OC)c1)c1ccccc1OCC(=O)N(C)C. The second-order valence-corrected chi connectivity index (χ2v) is 7.06. The molecule has 0 radical (unpaired) electrons. The number of benzene rings is 2. The van der Waals surface area contributed by atoms with E-state index in [4.69, 9.17) is 14.2 Å². The van der Waals surface area contributed by atoms with Crippen LogP contribution in [0.15, 0.2) is 48.5 Å². The van der Waals surface area contributed by atoms with Gasteiger partial charge in [-0.25, -0.2) is 0 Å². The van der Waals surface area contributed by atoms with Crippen LogP contribution in [0.4, 0.5) is 0 Å². The van der Waals surface area contributed by atoms with Crippen LogP contribution >= 0.6 is 0 Å². The lowest BCUT2D eigenvalue weighted by Crippen LogP contribution is -2.29. The molecule has 0 spiro atoms. The minimum Gasteiger partial charge on any atom is -0.497 e. The largest absolute Gasteiger partial charge is 0.497 e. The third-order valence-electron chi connectivity index (χ3n) is 4.67. The van der Waals surface area contributed by atoms with Gasteiger partial charge < -0.3 is 24.4 Å². The molecular formula is C24H30N2O5. The molecule has 2 amide bonds. The quantitative estimate of drug-likeness (QED) is 0.589. The normalized spacial score (nSPS) is 11.6. The summed E-state index contributed by atoms with van der Waals surface area (Å²) in [6.07, 6.45) is 3.83. The second kappa shape index (κ2) is 11.6. The molecule has 2 aromatic rings. The standard InChI is InChI=1S/C24H30N2O5/c1-6-21(20-9-7-8-10-22(20)31-16-24(28)26(2)3)25-23(27)12-11-17-13-18(29-4)15-19(14-17)30-5/h7-15,21H,6,16H2,1-5H3,(H,25,27). The number of amides is 2. The van der Waals surface area contributed by atoms with Crippen LogP contribution in [-0.2, 0) is 9.59 Å². The second-order valence-electron chi connectivity index (χ2n) is 7.06. The van der Waals surface area contributed by atoms with Crippen molar-refractivity contribution in [3.63, 3.8) is 0 Å². The molecule has 0 aliphatic heterocycles. The molecule has 7 nitrogen and oxygen atoms in total. The molecule has 166 valence electrons. The van der Waals surface area contributed by atoms with Crippen molar-refractivity contribution in [2.45, 2.75) is 19.4 Å². The van der Waals surface area contributed by atoms with E-state index < -0.39 is 0 Å². The zero-order valence-electron chi connectivity index (χ0n) is 18.7. The number of carbonyl (C=O) groups is 2. The highest BCUT2D eigenvalue weighted by molar-refractivity contribution is 5.92. The molecular weight excluding hydrogens is 396 g/mol. The van der Waals surface area contributed by atoms with E-state index in [2.05, 4.69) is 5.32 Å². The summed E-state index contributed by atoms with van der Waals surface area (Å²) in [6.45, 7) is 1.91. The Balaban J connectivity index is 2.12. The summed E-state index contributed by atoms with van der Waals surface area (Å²) in [7, 11) is 6.51. The van der Waals surface area contributed by atoms with Crippen LogP contribution in [0.3, 0.4) is 0 Å². The number of rotatable bonds is 10. The first-order valence-corrected chi connectivity index (χ1v) is 10.0. The maximum Gasteiger partial charge on any atom is 0.259 e. The minimum absolute atomic E-state index is 0.0635. The highest BCUT2D eigenvalue weighted by Crippen LogP contribution is 2.27. The summed E-state index contributed by atoms with van der Waals surface area (Å²) in [6, 6.07) is 12.5. The lowest BCUT2D eigenvalue weighted by atomic mass is 10.0. The van der Waals surface area contributed by atoms with E-state index in [0.29, 0.717) is 23.7 Å². The summed E-state index contributed by atoms with van der Waals surface area (Å²) >= 11 is 0. The Hall–Kier alpha value is -3.48. The fourth-order valence-electron chi connectivity index (χ4n) is 2.89. The first-order chi connectivity index (χ1) is 14.9. The van der Waals surface area contributed by atoms with Crippen LogP contribution in [0.1, 0.15) is 30.5 Å². The molecule has 2 rings (SSSR count). The highest BCUT2D eigenvalue weighted by Gasteiger charge is 2.17. The molecule has 1 unspecified atom stereocenters. The number of nitrogens with zero attached hydrogens (tertiary/aromatic N) is 1. The molecule has 1 atom stereocenters. The van der Waals surface area contributed by atoms with Crippen LogP contribution in [0.25, 0.3) is 6.08 Å². The zero-order chi connectivity index (χ0) is 22.8. The van der Waals surface area contributed by atoms with E-state index in [9.17, 15) is 9.59 Å². The first-order valence-electron chi connectivity index (χ1n) is 10.0. The van der Waals surface area contributed by atoms with Crippen LogP contribution in [0.5, 0.6) is 17.2 Å². The number of ether oxygens (including phenoxy) is 3. The maximum atomic E-state index is 12.6. The van der Waals surface area contributed by atoms with Crippen molar-refractivity contribution < 1.29 is 23.8 Å². The molecule has 0 aliphatic carbocycles. The average molecular weight is 427 g/mol. The number of carbonyl (C=O) groups excluding carboxylic acids is 2. The van der Waals surface area contributed by atoms with Gasteiger partial charge in [-0.2, -0.15) is 0 Å². The minimum atomic E-state index is -0.261. The fourth-order valence-corrected chi connectivity index (χ4v) is 2.89. The van der Waals surface area contributed by atoms with Crippen molar-refractivity contribution in [2.24, 2.45) is 0 Å². The third kappa shape index (κ3) is 7.06. The predicted molar refractivity (Wildman–Crippen MR) is 120 cm³/mol. The lowest BCUT2D eigenvalue weighted by Gasteiger charge is -2.20. The van der Waals surface area contributed by atoms with Gasteiger partial charge in [0, 0.05) is 31.8 Å².